The third-order valence-corrected chi connectivity index (χ3v) is 3.54. The molecule has 106 valence electrons. The van der Waals surface area contributed by atoms with Crippen LogP contribution < -0.4 is 14.8 Å². The van der Waals surface area contributed by atoms with E-state index < -0.39 is 0 Å². The quantitative estimate of drug-likeness (QED) is 0.934. The average Bonchev–Trinajstić information content (AvgIpc) is 2.76. The molecule has 1 aliphatic rings. The summed E-state index contributed by atoms with van der Waals surface area (Å²) >= 11 is 0. The Morgan fingerprint density at radius 2 is 2.35 bits per heavy atom. The average molecular weight is 273 g/mol. The van der Waals surface area contributed by atoms with Gasteiger partial charge in [0.05, 0.1) is 31.6 Å². The Morgan fingerprint density at radius 3 is 3.10 bits per heavy atom. The van der Waals surface area contributed by atoms with Crippen LogP contribution in [0.25, 0.3) is 0 Å². The number of fused-ring (bicyclic) bond motifs is 1. The van der Waals surface area contributed by atoms with Gasteiger partial charge in [-0.1, -0.05) is 0 Å². The molecule has 0 bridgehead atoms. The Morgan fingerprint density at radius 1 is 1.45 bits per heavy atom. The molecule has 1 aliphatic heterocycles. The number of ether oxygens (including phenoxy) is 2. The minimum atomic E-state index is 0.239. The van der Waals surface area contributed by atoms with E-state index in [1.54, 1.807) is 11.8 Å². The van der Waals surface area contributed by atoms with Gasteiger partial charge in [-0.15, -0.1) is 0 Å². The van der Waals surface area contributed by atoms with Crippen molar-refractivity contribution in [3.05, 3.63) is 36.2 Å². The maximum absolute atomic E-state index is 5.82. The number of hydrogen-bond acceptors (Lipinski definition) is 4. The molecule has 5 heteroatoms. The van der Waals surface area contributed by atoms with Crippen LogP contribution in [0.1, 0.15) is 24.4 Å². The second-order valence-corrected chi connectivity index (χ2v) is 4.99. The van der Waals surface area contributed by atoms with E-state index in [2.05, 4.69) is 16.5 Å². The standard InChI is InChI=1S/C15H19N3O2/c1-18-10-11(9-16-18)17-14-4-3-7-20-15-8-12(19-2)5-6-13(14)15/h5-6,8-10,14,17H,3-4,7H2,1-2H3. The molecule has 0 amide bonds. The zero-order chi connectivity index (χ0) is 13.9. The molecule has 2 heterocycles. The van der Waals surface area contributed by atoms with Crippen molar-refractivity contribution >= 4 is 5.69 Å². The SMILES string of the molecule is COc1ccc2c(c1)OCCCC2Nc1cnn(C)c1. The summed E-state index contributed by atoms with van der Waals surface area (Å²) in [4.78, 5) is 0. The molecule has 0 fully saturated rings. The van der Waals surface area contributed by atoms with Gasteiger partial charge in [-0.3, -0.25) is 4.68 Å². The molecule has 1 aromatic carbocycles. The van der Waals surface area contributed by atoms with Crippen molar-refractivity contribution in [2.45, 2.75) is 18.9 Å². The molecule has 0 aliphatic carbocycles. The molecule has 3 rings (SSSR count). The first-order chi connectivity index (χ1) is 9.76. The Labute approximate surface area is 118 Å². The lowest BCUT2D eigenvalue weighted by Crippen LogP contribution is -2.09. The van der Waals surface area contributed by atoms with Crippen molar-refractivity contribution in [1.29, 1.82) is 0 Å². The first-order valence-corrected chi connectivity index (χ1v) is 6.82. The van der Waals surface area contributed by atoms with Crippen molar-refractivity contribution in [1.82, 2.24) is 9.78 Å². The van der Waals surface area contributed by atoms with E-state index in [4.69, 9.17) is 9.47 Å². The Balaban J connectivity index is 1.88. The van der Waals surface area contributed by atoms with Crippen molar-refractivity contribution in [2.24, 2.45) is 7.05 Å². The van der Waals surface area contributed by atoms with Crippen LogP contribution in [0.3, 0.4) is 0 Å². The van der Waals surface area contributed by atoms with Crippen LogP contribution in [0.2, 0.25) is 0 Å². The topological polar surface area (TPSA) is 48.3 Å². The maximum Gasteiger partial charge on any atom is 0.128 e. The van der Waals surface area contributed by atoms with Gasteiger partial charge in [0, 0.05) is 24.9 Å². The summed E-state index contributed by atoms with van der Waals surface area (Å²) in [5, 5.41) is 7.72. The van der Waals surface area contributed by atoms with Gasteiger partial charge in [-0.05, 0) is 25.0 Å². The van der Waals surface area contributed by atoms with Gasteiger partial charge in [0.25, 0.3) is 0 Å². The van der Waals surface area contributed by atoms with Gasteiger partial charge in [0.2, 0.25) is 0 Å². The number of hydrogen-bond donors (Lipinski definition) is 1. The van der Waals surface area contributed by atoms with Gasteiger partial charge in [0.15, 0.2) is 0 Å². The lowest BCUT2D eigenvalue weighted by atomic mass is 10.0. The number of aromatic nitrogens is 2. The summed E-state index contributed by atoms with van der Waals surface area (Å²) in [6, 6.07) is 6.25. The van der Waals surface area contributed by atoms with Gasteiger partial charge >= 0.3 is 0 Å². The number of methoxy groups -OCH3 is 1. The molecule has 0 radical (unpaired) electrons. The molecule has 0 saturated carbocycles. The van der Waals surface area contributed by atoms with Gasteiger partial charge in [-0.25, -0.2) is 0 Å². The second kappa shape index (κ2) is 5.45. The van der Waals surface area contributed by atoms with Gasteiger partial charge in [-0.2, -0.15) is 5.10 Å². The second-order valence-electron chi connectivity index (χ2n) is 4.99. The monoisotopic (exact) mass is 273 g/mol. The van der Waals surface area contributed by atoms with E-state index in [9.17, 15) is 0 Å². The molecule has 1 N–H and O–H groups in total. The van der Waals surface area contributed by atoms with E-state index in [-0.39, 0.29) is 6.04 Å². The fourth-order valence-corrected chi connectivity index (χ4v) is 2.53. The molecule has 0 spiro atoms. The molecule has 1 aromatic heterocycles. The van der Waals surface area contributed by atoms with Crippen LogP contribution >= 0.6 is 0 Å². The van der Waals surface area contributed by atoms with Crippen LogP contribution in [-0.2, 0) is 7.05 Å². The minimum Gasteiger partial charge on any atom is -0.497 e. The fourth-order valence-electron chi connectivity index (χ4n) is 2.53. The molecule has 1 atom stereocenters. The summed E-state index contributed by atoms with van der Waals surface area (Å²) in [6.45, 7) is 0.741. The Hall–Kier alpha value is -2.17. The predicted molar refractivity (Wildman–Crippen MR) is 77.3 cm³/mol. The van der Waals surface area contributed by atoms with Crippen molar-refractivity contribution in [2.75, 3.05) is 19.0 Å². The molecule has 0 saturated heterocycles. The molecule has 2 aromatic rings. The highest BCUT2D eigenvalue weighted by atomic mass is 16.5. The summed E-state index contributed by atoms with van der Waals surface area (Å²) in [5.74, 6) is 1.73. The van der Waals surface area contributed by atoms with E-state index in [0.29, 0.717) is 0 Å². The van der Waals surface area contributed by atoms with Gasteiger partial charge in [0.1, 0.15) is 11.5 Å². The minimum absolute atomic E-state index is 0.239. The number of nitrogens with one attached hydrogen (secondary N) is 1. The first-order valence-electron chi connectivity index (χ1n) is 6.82. The van der Waals surface area contributed by atoms with Crippen LogP contribution in [0.15, 0.2) is 30.6 Å². The van der Waals surface area contributed by atoms with Crippen molar-refractivity contribution < 1.29 is 9.47 Å². The zero-order valence-corrected chi connectivity index (χ0v) is 11.8. The summed E-state index contributed by atoms with van der Waals surface area (Å²) < 4.78 is 12.9. The van der Waals surface area contributed by atoms with Crippen LogP contribution in [0, 0.1) is 0 Å². The smallest absolute Gasteiger partial charge is 0.128 e. The number of nitrogens with zero attached hydrogens (tertiary/aromatic N) is 2. The summed E-state index contributed by atoms with van der Waals surface area (Å²) in [7, 11) is 3.59. The van der Waals surface area contributed by atoms with E-state index in [1.807, 2.05) is 31.6 Å². The number of benzene rings is 1. The van der Waals surface area contributed by atoms with Crippen LogP contribution in [0.4, 0.5) is 5.69 Å². The first kappa shape index (κ1) is 12.8. The molecule has 5 nitrogen and oxygen atoms in total. The van der Waals surface area contributed by atoms with Crippen molar-refractivity contribution in [3.8, 4) is 11.5 Å². The Kier molecular flexibility index (Phi) is 3.50. The van der Waals surface area contributed by atoms with E-state index >= 15 is 0 Å². The summed E-state index contributed by atoms with van der Waals surface area (Å²) in [6.07, 6.45) is 5.88. The van der Waals surface area contributed by atoms with Crippen molar-refractivity contribution in [3.63, 3.8) is 0 Å². The van der Waals surface area contributed by atoms with E-state index in [1.165, 1.54) is 5.56 Å². The molecule has 1 unspecified atom stereocenters. The third-order valence-electron chi connectivity index (χ3n) is 3.54. The number of anilines is 1. The zero-order valence-electron chi connectivity index (χ0n) is 11.8. The molecule has 20 heavy (non-hydrogen) atoms. The molecular formula is C15H19N3O2. The summed E-state index contributed by atoms with van der Waals surface area (Å²) in [5.41, 5.74) is 2.20. The molecular weight excluding hydrogens is 254 g/mol. The number of aryl methyl sites for hydroxylation is 1. The highest BCUT2D eigenvalue weighted by molar-refractivity contribution is 5.48. The number of rotatable bonds is 3. The van der Waals surface area contributed by atoms with E-state index in [0.717, 1.165) is 36.6 Å². The highest BCUT2D eigenvalue weighted by Crippen LogP contribution is 2.36. The lowest BCUT2D eigenvalue weighted by Gasteiger charge is -2.18. The predicted octanol–water partition coefficient (Wildman–Crippen LogP) is 2.75. The maximum atomic E-state index is 5.82. The lowest BCUT2D eigenvalue weighted by molar-refractivity contribution is 0.314. The van der Waals surface area contributed by atoms with Crippen LogP contribution in [0.5, 0.6) is 11.5 Å². The Bertz CT molecular complexity index is 595. The van der Waals surface area contributed by atoms with Gasteiger partial charge < -0.3 is 14.8 Å². The highest BCUT2D eigenvalue weighted by Gasteiger charge is 2.20. The van der Waals surface area contributed by atoms with Crippen LogP contribution in [-0.4, -0.2) is 23.5 Å². The normalized spacial score (nSPS) is 17.8. The third kappa shape index (κ3) is 2.57. The largest absolute Gasteiger partial charge is 0.497 e. The fraction of sp³-hybridized carbons (Fsp3) is 0.400.